The van der Waals surface area contributed by atoms with E-state index < -0.39 is 0 Å². The predicted molar refractivity (Wildman–Crippen MR) is 43.6 cm³/mol. The van der Waals surface area contributed by atoms with Crippen molar-refractivity contribution >= 4 is 0 Å². The van der Waals surface area contributed by atoms with E-state index in [-0.39, 0.29) is 6.17 Å². The molecule has 1 atom stereocenters. The fourth-order valence-electron chi connectivity index (χ4n) is 1.72. The van der Waals surface area contributed by atoms with E-state index in [9.17, 15) is 0 Å². The van der Waals surface area contributed by atoms with Gasteiger partial charge in [0.15, 0.2) is 0 Å². The van der Waals surface area contributed by atoms with Gasteiger partial charge in [-0.1, -0.05) is 19.8 Å². The molecule has 1 fully saturated rings. The Labute approximate surface area is 63.2 Å². The Morgan fingerprint density at radius 2 is 2.10 bits per heavy atom. The van der Waals surface area contributed by atoms with Crippen LogP contribution in [0.5, 0.6) is 0 Å². The molecule has 0 spiro atoms. The molecule has 0 radical (unpaired) electrons. The molecule has 1 unspecified atom stereocenters. The average molecular weight is 142 g/mol. The number of hydrogen-bond acceptors (Lipinski definition) is 2. The van der Waals surface area contributed by atoms with Gasteiger partial charge in [0.2, 0.25) is 0 Å². The average Bonchev–Trinajstić information content (AvgIpc) is 2.38. The van der Waals surface area contributed by atoms with Crippen molar-refractivity contribution < 1.29 is 0 Å². The third-order valence-corrected chi connectivity index (χ3v) is 2.35. The normalized spacial score (nSPS) is 23.4. The van der Waals surface area contributed by atoms with E-state index >= 15 is 0 Å². The summed E-state index contributed by atoms with van der Waals surface area (Å²) in [6, 6.07) is 0. The van der Waals surface area contributed by atoms with Crippen molar-refractivity contribution in [2.45, 2.75) is 38.8 Å². The quantitative estimate of drug-likeness (QED) is 0.578. The van der Waals surface area contributed by atoms with Crippen LogP contribution in [-0.4, -0.2) is 12.7 Å². The van der Waals surface area contributed by atoms with Gasteiger partial charge in [0.05, 0.1) is 6.17 Å². The van der Waals surface area contributed by atoms with Crippen LogP contribution < -0.4 is 11.1 Å². The topological polar surface area (TPSA) is 38.0 Å². The second-order valence-electron chi connectivity index (χ2n) is 3.13. The standard InChI is InChI=1S/C8H18N2/c1-2-10-8(9)7-5-3-4-6-7/h7-8,10H,2-6,9H2,1H3. The number of nitrogens with two attached hydrogens (primary N) is 1. The van der Waals surface area contributed by atoms with Crippen LogP contribution in [0.25, 0.3) is 0 Å². The summed E-state index contributed by atoms with van der Waals surface area (Å²) >= 11 is 0. The molecule has 2 nitrogen and oxygen atoms in total. The highest BCUT2D eigenvalue weighted by Gasteiger charge is 2.20. The van der Waals surface area contributed by atoms with E-state index in [1.54, 1.807) is 0 Å². The van der Waals surface area contributed by atoms with Gasteiger partial charge < -0.3 is 11.1 Å². The summed E-state index contributed by atoms with van der Waals surface area (Å²) in [6.45, 7) is 3.10. The Balaban J connectivity index is 2.18. The zero-order valence-corrected chi connectivity index (χ0v) is 6.77. The van der Waals surface area contributed by atoms with Crippen molar-refractivity contribution in [2.24, 2.45) is 11.7 Å². The molecule has 2 heteroatoms. The lowest BCUT2D eigenvalue weighted by Gasteiger charge is -2.18. The van der Waals surface area contributed by atoms with Gasteiger partial charge >= 0.3 is 0 Å². The van der Waals surface area contributed by atoms with Crippen LogP contribution in [0.3, 0.4) is 0 Å². The van der Waals surface area contributed by atoms with Crippen LogP contribution in [0, 0.1) is 5.92 Å². The largest absolute Gasteiger partial charge is 0.316 e. The minimum atomic E-state index is 0.257. The zero-order chi connectivity index (χ0) is 7.40. The Kier molecular flexibility index (Phi) is 3.16. The maximum absolute atomic E-state index is 5.88. The van der Waals surface area contributed by atoms with Crippen molar-refractivity contribution in [3.05, 3.63) is 0 Å². The van der Waals surface area contributed by atoms with E-state index in [0.29, 0.717) is 0 Å². The van der Waals surface area contributed by atoms with E-state index in [1.165, 1.54) is 25.7 Å². The third kappa shape index (κ3) is 1.96. The molecule has 60 valence electrons. The summed E-state index contributed by atoms with van der Waals surface area (Å²) in [5.41, 5.74) is 5.88. The summed E-state index contributed by atoms with van der Waals surface area (Å²) in [4.78, 5) is 0. The lowest BCUT2D eigenvalue weighted by Crippen LogP contribution is -2.42. The van der Waals surface area contributed by atoms with Crippen molar-refractivity contribution in [3.63, 3.8) is 0 Å². The fourth-order valence-corrected chi connectivity index (χ4v) is 1.72. The van der Waals surface area contributed by atoms with Crippen LogP contribution in [0.2, 0.25) is 0 Å². The highest BCUT2D eigenvalue weighted by atomic mass is 15.0. The molecule has 0 heterocycles. The van der Waals surface area contributed by atoms with Crippen LogP contribution in [0.15, 0.2) is 0 Å². The Hall–Kier alpha value is -0.0800. The molecule has 1 aliphatic rings. The molecule has 0 amide bonds. The predicted octanol–water partition coefficient (Wildman–Crippen LogP) is 1.07. The molecule has 0 aromatic heterocycles. The highest BCUT2D eigenvalue weighted by molar-refractivity contribution is 4.75. The lowest BCUT2D eigenvalue weighted by atomic mass is 10.1. The molecule has 1 aliphatic carbocycles. The van der Waals surface area contributed by atoms with Gasteiger partial charge in [-0.3, -0.25) is 0 Å². The maximum atomic E-state index is 5.88. The van der Waals surface area contributed by atoms with E-state index in [4.69, 9.17) is 5.73 Å². The summed E-state index contributed by atoms with van der Waals surface area (Å²) < 4.78 is 0. The minimum absolute atomic E-state index is 0.257. The first-order chi connectivity index (χ1) is 4.84. The summed E-state index contributed by atoms with van der Waals surface area (Å²) in [5, 5.41) is 3.27. The SMILES string of the molecule is CCNC(N)C1CCCC1. The van der Waals surface area contributed by atoms with Crippen LogP contribution >= 0.6 is 0 Å². The Morgan fingerprint density at radius 1 is 1.50 bits per heavy atom. The second-order valence-corrected chi connectivity index (χ2v) is 3.13. The van der Waals surface area contributed by atoms with E-state index in [1.807, 2.05) is 0 Å². The summed E-state index contributed by atoms with van der Waals surface area (Å²) in [7, 11) is 0. The van der Waals surface area contributed by atoms with Gasteiger partial charge in [-0.05, 0) is 25.3 Å². The van der Waals surface area contributed by atoms with E-state index in [2.05, 4.69) is 12.2 Å². The van der Waals surface area contributed by atoms with Gasteiger partial charge in [-0.2, -0.15) is 0 Å². The number of hydrogen-bond donors (Lipinski definition) is 2. The van der Waals surface area contributed by atoms with Crippen LogP contribution in [0.1, 0.15) is 32.6 Å². The highest BCUT2D eigenvalue weighted by Crippen LogP contribution is 2.25. The monoisotopic (exact) mass is 142 g/mol. The van der Waals surface area contributed by atoms with Crippen molar-refractivity contribution in [2.75, 3.05) is 6.54 Å². The fraction of sp³-hybridized carbons (Fsp3) is 1.00. The van der Waals surface area contributed by atoms with Gasteiger partial charge in [0, 0.05) is 0 Å². The van der Waals surface area contributed by atoms with Gasteiger partial charge in [-0.15, -0.1) is 0 Å². The van der Waals surface area contributed by atoms with Gasteiger partial charge in [-0.25, -0.2) is 0 Å². The Morgan fingerprint density at radius 3 is 2.60 bits per heavy atom. The first kappa shape index (κ1) is 8.02. The molecule has 0 aromatic carbocycles. The third-order valence-electron chi connectivity index (χ3n) is 2.35. The number of rotatable bonds is 3. The first-order valence-corrected chi connectivity index (χ1v) is 4.33. The van der Waals surface area contributed by atoms with Crippen molar-refractivity contribution in [1.29, 1.82) is 0 Å². The second kappa shape index (κ2) is 3.94. The molecule has 10 heavy (non-hydrogen) atoms. The van der Waals surface area contributed by atoms with Crippen molar-refractivity contribution in [1.82, 2.24) is 5.32 Å². The molecular formula is C8H18N2. The molecule has 1 saturated carbocycles. The Bertz CT molecular complexity index is 87.3. The molecular weight excluding hydrogens is 124 g/mol. The van der Waals surface area contributed by atoms with Crippen LogP contribution in [0.4, 0.5) is 0 Å². The zero-order valence-electron chi connectivity index (χ0n) is 6.77. The van der Waals surface area contributed by atoms with Gasteiger partial charge in [0.1, 0.15) is 0 Å². The lowest BCUT2D eigenvalue weighted by molar-refractivity contribution is 0.374. The first-order valence-electron chi connectivity index (χ1n) is 4.33. The van der Waals surface area contributed by atoms with Crippen LogP contribution in [-0.2, 0) is 0 Å². The molecule has 0 bridgehead atoms. The number of nitrogens with one attached hydrogen (secondary N) is 1. The van der Waals surface area contributed by atoms with E-state index in [0.717, 1.165) is 12.5 Å². The van der Waals surface area contributed by atoms with Gasteiger partial charge in [0.25, 0.3) is 0 Å². The molecule has 0 saturated heterocycles. The molecule has 1 rings (SSSR count). The smallest absolute Gasteiger partial charge is 0.0575 e. The molecule has 3 N–H and O–H groups in total. The molecule has 0 aliphatic heterocycles. The minimum Gasteiger partial charge on any atom is -0.316 e. The summed E-state index contributed by atoms with van der Waals surface area (Å²) in [5.74, 6) is 0.750. The summed E-state index contributed by atoms with van der Waals surface area (Å²) in [6.07, 6.45) is 5.67. The van der Waals surface area contributed by atoms with Crippen molar-refractivity contribution in [3.8, 4) is 0 Å². The maximum Gasteiger partial charge on any atom is 0.0575 e. The molecule has 0 aromatic rings.